The van der Waals surface area contributed by atoms with E-state index in [-0.39, 0.29) is 0 Å². The lowest BCUT2D eigenvalue weighted by Crippen LogP contribution is -2.07. The van der Waals surface area contributed by atoms with Gasteiger partial charge in [-0.25, -0.2) is 4.98 Å². The third-order valence-corrected chi connectivity index (χ3v) is 3.36. The summed E-state index contributed by atoms with van der Waals surface area (Å²) in [6.45, 7) is 5.35. The van der Waals surface area contributed by atoms with E-state index >= 15 is 0 Å². The molecule has 104 valence electrons. The van der Waals surface area contributed by atoms with E-state index in [9.17, 15) is 0 Å². The van der Waals surface area contributed by atoms with Crippen LogP contribution in [0.1, 0.15) is 51.0 Å². The van der Waals surface area contributed by atoms with E-state index in [4.69, 9.17) is 0 Å². The molecule has 0 fully saturated rings. The van der Waals surface area contributed by atoms with E-state index in [0.29, 0.717) is 0 Å². The molecular formula is C15H24N4. The van der Waals surface area contributed by atoms with Crippen molar-refractivity contribution in [1.29, 1.82) is 0 Å². The Morgan fingerprint density at radius 3 is 2.74 bits per heavy atom. The second-order valence-corrected chi connectivity index (χ2v) is 5.14. The Kier molecular flexibility index (Phi) is 5.19. The fourth-order valence-electron chi connectivity index (χ4n) is 2.30. The van der Waals surface area contributed by atoms with Gasteiger partial charge in [0, 0.05) is 6.54 Å². The standard InChI is InChI=1S/C15H24N4/c1-3-4-5-6-7-8-9-16-14-10-13(2)11-15-17-12-18-19(14)15/h10-12,16H,3-9H2,1-2H3. The maximum atomic E-state index is 4.24. The van der Waals surface area contributed by atoms with Crippen molar-refractivity contribution in [3.63, 3.8) is 0 Å². The van der Waals surface area contributed by atoms with Crippen molar-refractivity contribution in [3.05, 3.63) is 24.0 Å². The molecule has 2 aromatic heterocycles. The summed E-state index contributed by atoms with van der Waals surface area (Å²) in [6, 6.07) is 4.17. The van der Waals surface area contributed by atoms with Gasteiger partial charge in [-0.05, 0) is 31.0 Å². The van der Waals surface area contributed by atoms with Crippen LogP contribution in [0.5, 0.6) is 0 Å². The Hall–Kier alpha value is -1.58. The second kappa shape index (κ2) is 7.12. The Balaban J connectivity index is 1.79. The van der Waals surface area contributed by atoms with Gasteiger partial charge in [0.1, 0.15) is 12.1 Å². The van der Waals surface area contributed by atoms with Crippen LogP contribution in [0.3, 0.4) is 0 Å². The zero-order chi connectivity index (χ0) is 13.5. The number of aromatic nitrogens is 3. The Morgan fingerprint density at radius 1 is 1.11 bits per heavy atom. The summed E-state index contributed by atoms with van der Waals surface area (Å²) in [5.74, 6) is 1.04. The van der Waals surface area contributed by atoms with Crippen molar-refractivity contribution in [2.24, 2.45) is 0 Å². The highest BCUT2D eigenvalue weighted by molar-refractivity contribution is 5.51. The summed E-state index contributed by atoms with van der Waals surface area (Å²) in [4.78, 5) is 4.23. The number of unbranched alkanes of at least 4 members (excludes halogenated alkanes) is 5. The number of fused-ring (bicyclic) bond motifs is 1. The number of nitrogens with one attached hydrogen (secondary N) is 1. The molecule has 0 saturated carbocycles. The molecule has 0 amide bonds. The van der Waals surface area contributed by atoms with Crippen LogP contribution in [-0.2, 0) is 0 Å². The number of pyridine rings is 1. The minimum Gasteiger partial charge on any atom is -0.370 e. The predicted molar refractivity (Wildman–Crippen MR) is 79.6 cm³/mol. The van der Waals surface area contributed by atoms with E-state index in [1.54, 1.807) is 6.33 Å². The zero-order valence-corrected chi connectivity index (χ0v) is 12.0. The first-order chi connectivity index (χ1) is 9.31. The van der Waals surface area contributed by atoms with Crippen LogP contribution in [-0.4, -0.2) is 21.1 Å². The maximum Gasteiger partial charge on any atom is 0.157 e. The monoisotopic (exact) mass is 260 g/mol. The third kappa shape index (κ3) is 3.94. The van der Waals surface area contributed by atoms with Crippen LogP contribution in [0.15, 0.2) is 18.5 Å². The van der Waals surface area contributed by atoms with E-state index in [1.807, 2.05) is 10.6 Å². The van der Waals surface area contributed by atoms with Crippen LogP contribution in [0.2, 0.25) is 0 Å². The Labute approximate surface area is 115 Å². The molecule has 0 unspecified atom stereocenters. The molecule has 1 N–H and O–H groups in total. The van der Waals surface area contributed by atoms with Gasteiger partial charge in [-0.2, -0.15) is 9.61 Å². The molecule has 0 spiro atoms. The number of hydrogen-bond acceptors (Lipinski definition) is 3. The van der Waals surface area contributed by atoms with Crippen LogP contribution in [0, 0.1) is 6.92 Å². The maximum absolute atomic E-state index is 4.24. The van der Waals surface area contributed by atoms with Crippen LogP contribution < -0.4 is 5.32 Å². The highest BCUT2D eigenvalue weighted by Gasteiger charge is 2.03. The fourth-order valence-corrected chi connectivity index (χ4v) is 2.30. The van der Waals surface area contributed by atoms with E-state index in [2.05, 4.69) is 35.3 Å². The normalized spacial score (nSPS) is 11.1. The van der Waals surface area contributed by atoms with Gasteiger partial charge < -0.3 is 5.32 Å². The first-order valence-electron chi connectivity index (χ1n) is 7.35. The molecule has 4 heteroatoms. The fraction of sp³-hybridized carbons (Fsp3) is 0.600. The largest absolute Gasteiger partial charge is 0.370 e. The minimum absolute atomic E-state index is 0.908. The smallest absolute Gasteiger partial charge is 0.157 e. The molecule has 2 heterocycles. The summed E-state index contributed by atoms with van der Waals surface area (Å²) in [5.41, 5.74) is 2.12. The quantitative estimate of drug-likeness (QED) is 0.734. The summed E-state index contributed by atoms with van der Waals surface area (Å²) in [5, 5.41) is 7.71. The first-order valence-corrected chi connectivity index (χ1v) is 7.35. The summed E-state index contributed by atoms with van der Waals surface area (Å²) < 4.78 is 1.87. The number of rotatable bonds is 8. The van der Waals surface area contributed by atoms with Gasteiger partial charge in [0.05, 0.1) is 0 Å². The average Bonchev–Trinajstić information content (AvgIpc) is 2.85. The first kappa shape index (κ1) is 13.8. The summed E-state index contributed by atoms with van der Waals surface area (Å²) in [6.07, 6.45) is 9.52. The zero-order valence-electron chi connectivity index (χ0n) is 12.0. The van der Waals surface area contributed by atoms with Gasteiger partial charge in [-0.1, -0.05) is 39.0 Å². The van der Waals surface area contributed by atoms with Crippen LogP contribution in [0.25, 0.3) is 5.65 Å². The van der Waals surface area contributed by atoms with Crippen molar-refractivity contribution < 1.29 is 0 Å². The molecule has 0 bridgehead atoms. The minimum atomic E-state index is 0.908. The van der Waals surface area contributed by atoms with Crippen molar-refractivity contribution in [3.8, 4) is 0 Å². The SMILES string of the molecule is CCCCCCCCNc1cc(C)cc2ncnn12. The lowest BCUT2D eigenvalue weighted by atomic mass is 10.1. The van der Waals surface area contributed by atoms with E-state index in [0.717, 1.165) is 18.0 Å². The van der Waals surface area contributed by atoms with Crippen molar-refractivity contribution in [1.82, 2.24) is 14.6 Å². The van der Waals surface area contributed by atoms with Gasteiger partial charge in [0.25, 0.3) is 0 Å². The predicted octanol–water partition coefficient (Wildman–Crippen LogP) is 3.81. The number of nitrogens with zero attached hydrogens (tertiary/aromatic N) is 3. The molecule has 0 saturated heterocycles. The molecule has 0 aliphatic rings. The molecule has 0 aliphatic carbocycles. The molecule has 4 nitrogen and oxygen atoms in total. The lowest BCUT2D eigenvalue weighted by molar-refractivity contribution is 0.616. The molecule has 2 aromatic rings. The Bertz CT molecular complexity index is 504. The van der Waals surface area contributed by atoms with Gasteiger partial charge in [-0.3, -0.25) is 0 Å². The molecule has 19 heavy (non-hydrogen) atoms. The molecule has 0 atom stereocenters. The molecule has 0 aromatic carbocycles. The number of anilines is 1. The van der Waals surface area contributed by atoms with E-state index in [1.165, 1.54) is 44.1 Å². The molecular weight excluding hydrogens is 236 g/mol. The van der Waals surface area contributed by atoms with Gasteiger partial charge in [-0.15, -0.1) is 0 Å². The van der Waals surface area contributed by atoms with Crippen molar-refractivity contribution >= 4 is 11.5 Å². The van der Waals surface area contributed by atoms with Gasteiger partial charge >= 0.3 is 0 Å². The number of aryl methyl sites for hydroxylation is 1. The molecule has 0 radical (unpaired) electrons. The van der Waals surface area contributed by atoms with Crippen LogP contribution in [0.4, 0.5) is 5.82 Å². The van der Waals surface area contributed by atoms with Gasteiger partial charge in [0.15, 0.2) is 5.65 Å². The third-order valence-electron chi connectivity index (χ3n) is 3.36. The molecule has 2 rings (SSSR count). The second-order valence-electron chi connectivity index (χ2n) is 5.14. The summed E-state index contributed by atoms with van der Waals surface area (Å²) in [7, 11) is 0. The molecule has 0 aliphatic heterocycles. The van der Waals surface area contributed by atoms with Gasteiger partial charge in [0.2, 0.25) is 0 Å². The van der Waals surface area contributed by atoms with Crippen LogP contribution >= 0.6 is 0 Å². The lowest BCUT2D eigenvalue weighted by Gasteiger charge is -2.09. The Morgan fingerprint density at radius 2 is 1.89 bits per heavy atom. The average molecular weight is 260 g/mol. The summed E-state index contributed by atoms with van der Waals surface area (Å²) >= 11 is 0. The van der Waals surface area contributed by atoms with Crippen molar-refractivity contribution in [2.75, 3.05) is 11.9 Å². The topological polar surface area (TPSA) is 42.2 Å². The van der Waals surface area contributed by atoms with Crippen molar-refractivity contribution in [2.45, 2.75) is 52.4 Å². The highest BCUT2D eigenvalue weighted by Crippen LogP contribution is 2.13. The van der Waals surface area contributed by atoms with E-state index < -0.39 is 0 Å². The number of hydrogen-bond donors (Lipinski definition) is 1. The highest BCUT2D eigenvalue weighted by atomic mass is 15.3.